The van der Waals surface area contributed by atoms with Crippen molar-refractivity contribution in [2.45, 2.75) is 39.2 Å². The van der Waals surface area contributed by atoms with Gasteiger partial charge < -0.3 is 0 Å². The van der Waals surface area contributed by atoms with Gasteiger partial charge in [0.1, 0.15) is 5.92 Å². The number of imide groups is 2. The largest absolute Gasteiger partial charge is 0.331 e. The van der Waals surface area contributed by atoms with Gasteiger partial charge in [-0.05, 0) is 25.2 Å². The van der Waals surface area contributed by atoms with E-state index in [1.54, 1.807) is 6.92 Å². The standard InChI is InChI=1S/C11H16N2O3/c1-3-8-9(14)12-11(16)13(10(8)15)7-4-6(2)5-7/h6-8H,3-5H2,1-2H3,(H,12,14,16). The van der Waals surface area contributed by atoms with Gasteiger partial charge in [0.05, 0.1) is 0 Å². The second kappa shape index (κ2) is 3.88. The lowest BCUT2D eigenvalue weighted by atomic mass is 9.80. The van der Waals surface area contributed by atoms with Gasteiger partial charge in [0.15, 0.2) is 0 Å². The molecule has 1 heterocycles. The third-order valence-corrected chi connectivity index (χ3v) is 3.42. The topological polar surface area (TPSA) is 66.5 Å². The number of nitrogens with zero attached hydrogens (tertiary/aromatic N) is 1. The van der Waals surface area contributed by atoms with E-state index in [4.69, 9.17) is 0 Å². The number of hydrogen-bond acceptors (Lipinski definition) is 3. The first kappa shape index (κ1) is 11.1. The van der Waals surface area contributed by atoms with Gasteiger partial charge in [-0.1, -0.05) is 13.8 Å². The van der Waals surface area contributed by atoms with Crippen molar-refractivity contribution in [2.75, 3.05) is 0 Å². The Morgan fingerprint density at radius 2 is 1.94 bits per heavy atom. The van der Waals surface area contributed by atoms with Gasteiger partial charge in [0.2, 0.25) is 11.8 Å². The highest BCUT2D eigenvalue weighted by molar-refractivity contribution is 6.16. The van der Waals surface area contributed by atoms with Crippen molar-refractivity contribution >= 4 is 17.8 Å². The van der Waals surface area contributed by atoms with E-state index in [1.807, 2.05) is 0 Å². The maximum absolute atomic E-state index is 12.0. The predicted octanol–water partition coefficient (Wildman–Crippen LogP) is 0.889. The minimum atomic E-state index is -0.686. The molecule has 1 atom stereocenters. The van der Waals surface area contributed by atoms with Gasteiger partial charge in [0.25, 0.3) is 0 Å². The number of nitrogens with one attached hydrogen (secondary N) is 1. The molecule has 0 aromatic carbocycles. The molecular weight excluding hydrogens is 208 g/mol. The minimum absolute atomic E-state index is 0.00958. The first-order valence-electron chi connectivity index (χ1n) is 5.72. The summed E-state index contributed by atoms with van der Waals surface area (Å²) >= 11 is 0. The smallest absolute Gasteiger partial charge is 0.277 e. The molecular formula is C11H16N2O3. The summed E-state index contributed by atoms with van der Waals surface area (Å²) in [5, 5.41) is 2.25. The first-order valence-corrected chi connectivity index (χ1v) is 5.72. The fraction of sp³-hybridized carbons (Fsp3) is 0.727. The van der Waals surface area contributed by atoms with Crippen LogP contribution < -0.4 is 5.32 Å². The number of carbonyl (C=O) groups is 3. The van der Waals surface area contributed by atoms with Crippen molar-refractivity contribution in [3.63, 3.8) is 0 Å². The molecule has 2 rings (SSSR count). The summed E-state index contributed by atoms with van der Waals surface area (Å²) in [6, 6.07) is -0.554. The van der Waals surface area contributed by atoms with Crippen LogP contribution in [0.3, 0.4) is 0 Å². The molecule has 2 aliphatic rings. The molecule has 0 radical (unpaired) electrons. The highest BCUT2D eigenvalue weighted by atomic mass is 16.2. The van der Waals surface area contributed by atoms with Crippen molar-refractivity contribution in [2.24, 2.45) is 11.8 Å². The fourth-order valence-corrected chi connectivity index (χ4v) is 2.41. The molecule has 0 aromatic heterocycles. The van der Waals surface area contributed by atoms with Gasteiger partial charge in [0, 0.05) is 6.04 Å². The molecule has 1 saturated carbocycles. The number of rotatable bonds is 2. The average Bonchev–Trinajstić information content (AvgIpc) is 2.15. The van der Waals surface area contributed by atoms with E-state index in [1.165, 1.54) is 4.90 Å². The van der Waals surface area contributed by atoms with E-state index in [-0.39, 0.29) is 11.9 Å². The molecule has 16 heavy (non-hydrogen) atoms. The number of urea groups is 1. The van der Waals surface area contributed by atoms with Crippen LogP contribution in [0.1, 0.15) is 33.1 Å². The predicted molar refractivity (Wildman–Crippen MR) is 56.4 cm³/mol. The minimum Gasteiger partial charge on any atom is -0.277 e. The molecule has 0 bridgehead atoms. The Morgan fingerprint density at radius 1 is 1.31 bits per heavy atom. The quantitative estimate of drug-likeness (QED) is 0.708. The Morgan fingerprint density at radius 3 is 2.44 bits per heavy atom. The Balaban J connectivity index is 2.14. The zero-order chi connectivity index (χ0) is 11.9. The lowest BCUT2D eigenvalue weighted by Gasteiger charge is -2.42. The van der Waals surface area contributed by atoms with Crippen molar-refractivity contribution in [3.8, 4) is 0 Å². The van der Waals surface area contributed by atoms with Crippen LogP contribution in [0.5, 0.6) is 0 Å². The third kappa shape index (κ3) is 1.60. The highest BCUT2D eigenvalue weighted by Gasteiger charge is 2.45. The van der Waals surface area contributed by atoms with Gasteiger partial charge in [-0.3, -0.25) is 19.8 Å². The Labute approximate surface area is 94.2 Å². The van der Waals surface area contributed by atoms with Gasteiger partial charge in [-0.2, -0.15) is 0 Å². The Hall–Kier alpha value is -1.39. The maximum Gasteiger partial charge on any atom is 0.331 e. The van der Waals surface area contributed by atoms with Crippen LogP contribution in [0.4, 0.5) is 4.79 Å². The SMILES string of the molecule is CCC1C(=O)NC(=O)N(C2CC(C)C2)C1=O. The van der Waals surface area contributed by atoms with Crippen LogP contribution in [-0.4, -0.2) is 28.8 Å². The van der Waals surface area contributed by atoms with E-state index in [0.29, 0.717) is 12.3 Å². The van der Waals surface area contributed by atoms with Crippen LogP contribution in [0.2, 0.25) is 0 Å². The van der Waals surface area contributed by atoms with Gasteiger partial charge >= 0.3 is 6.03 Å². The van der Waals surface area contributed by atoms with E-state index >= 15 is 0 Å². The van der Waals surface area contributed by atoms with Crippen molar-refractivity contribution in [3.05, 3.63) is 0 Å². The second-order valence-corrected chi connectivity index (χ2v) is 4.69. The molecule has 88 valence electrons. The van der Waals surface area contributed by atoms with Crippen LogP contribution in [0.15, 0.2) is 0 Å². The molecule has 0 aromatic rings. The molecule has 2 fully saturated rings. The van der Waals surface area contributed by atoms with Crippen LogP contribution in [-0.2, 0) is 9.59 Å². The number of amides is 4. The first-order chi connectivity index (χ1) is 7.54. The summed E-state index contributed by atoms with van der Waals surface area (Å²) < 4.78 is 0. The van der Waals surface area contributed by atoms with E-state index in [0.717, 1.165) is 12.8 Å². The zero-order valence-corrected chi connectivity index (χ0v) is 9.53. The van der Waals surface area contributed by atoms with Crippen molar-refractivity contribution in [1.82, 2.24) is 10.2 Å². The number of carbonyl (C=O) groups excluding carboxylic acids is 3. The van der Waals surface area contributed by atoms with Crippen molar-refractivity contribution < 1.29 is 14.4 Å². The van der Waals surface area contributed by atoms with Crippen molar-refractivity contribution in [1.29, 1.82) is 0 Å². The summed E-state index contributed by atoms with van der Waals surface area (Å²) in [4.78, 5) is 36.2. The third-order valence-electron chi connectivity index (χ3n) is 3.42. The van der Waals surface area contributed by atoms with Gasteiger partial charge in [-0.15, -0.1) is 0 Å². The molecule has 1 unspecified atom stereocenters. The molecule has 1 aliphatic carbocycles. The molecule has 1 aliphatic heterocycles. The highest BCUT2D eigenvalue weighted by Crippen LogP contribution is 2.33. The maximum atomic E-state index is 12.0. The summed E-state index contributed by atoms with van der Waals surface area (Å²) in [6.07, 6.45) is 2.14. The lowest BCUT2D eigenvalue weighted by Crippen LogP contribution is -2.62. The fourth-order valence-electron chi connectivity index (χ4n) is 2.41. The summed E-state index contributed by atoms with van der Waals surface area (Å²) in [5.41, 5.74) is 0. The second-order valence-electron chi connectivity index (χ2n) is 4.69. The van der Waals surface area contributed by atoms with E-state index < -0.39 is 17.9 Å². The number of barbiturate groups is 1. The van der Waals surface area contributed by atoms with E-state index in [9.17, 15) is 14.4 Å². The molecule has 0 spiro atoms. The molecule has 1 N–H and O–H groups in total. The molecule has 5 heteroatoms. The van der Waals surface area contributed by atoms with Crippen LogP contribution in [0, 0.1) is 11.8 Å². The van der Waals surface area contributed by atoms with E-state index in [2.05, 4.69) is 12.2 Å². The van der Waals surface area contributed by atoms with Crippen LogP contribution in [0.25, 0.3) is 0 Å². The summed E-state index contributed by atoms with van der Waals surface area (Å²) in [6.45, 7) is 3.87. The van der Waals surface area contributed by atoms with Gasteiger partial charge in [-0.25, -0.2) is 4.79 Å². The lowest BCUT2D eigenvalue weighted by molar-refractivity contribution is -0.145. The zero-order valence-electron chi connectivity index (χ0n) is 9.53. The Bertz CT molecular complexity index is 347. The molecule has 1 saturated heterocycles. The normalized spacial score (nSPS) is 34.8. The average molecular weight is 224 g/mol. The number of hydrogen-bond donors (Lipinski definition) is 1. The summed E-state index contributed by atoms with van der Waals surface area (Å²) in [5.74, 6) is -0.911. The monoisotopic (exact) mass is 224 g/mol. The molecule has 5 nitrogen and oxygen atoms in total. The summed E-state index contributed by atoms with van der Waals surface area (Å²) in [7, 11) is 0. The Kier molecular flexibility index (Phi) is 2.69. The molecule has 4 amide bonds. The van der Waals surface area contributed by atoms with Crippen LogP contribution >= 0.6 is 0 Å².